The summed E-state index contributed by atoms with van der Waals surface area (Å²) in [7, 11) is 0. The Morgan fingerprint density at radius 3 is 3.00 bits per heavy atom. The summed E-state index contributed by atoms with van der Waals surface area (Å²) in [5.41, 5.74) is 7.85. The largest absolute Gasteiger partial charge is 0.381 e. The number of hydrogen-bond acceptors (Lipinski definition) is 7. The van der Waals surface area contributed by atoms with E-state index >= 15 is 0 Å². The summed E-state index contributed by atoms with van der Waals surface area (Å²) in [6.07, 6.45) is 9.65. The van der Waals surface area contributed by atoms with Crippen molar-refractivity contribution in [2.24, 2.45) is 5.73 Å². The Kier molecular flexibility index (Phi) is 6.92. The van der Waals surface area contributed by atoms with Crippen LogP contribution in [0.15, 0.2) is 29.9 Å². The van der Waals surface area contributed by atoms with E-state index in [-0.39, 0.29) is 0 Å². The Bertz CT molecular complexity index is 784. The molecule has 0 radical (unpaired) electrons. The standard InChI is InChI=1S/C19H26N6OS/c1-14-12-22-19(23-16-4-8-26-9-5-16)24-18(14)25(13-21)7-2-3-17-15(11-20)6-10-27-17/h2,6-7,10,12-13,16,21H,3-5,8-9,11,20H2,1H3,(H,22,23,24)/b7-2+,21-13?. The maximum Gasteiger partial charge on any atom is 0.224 e. The number of nitrogens with zero attached hydrogens (tertiary/aromatic N) is 3. The molecule has 144 valence electrons. The lowest BCUT2D eigenvalue weighted by Crippen LogP contribution is -2.29. The summed E-state index contributed by atoms with van der Waals surface area (Å²) in [6, 6.07) is 2.39. The SMILES string of the molecule is Cc1cnc(NC2CCOCC2)nc1N(C=N)/C=C/Cc1sccc1CN. The molecule has 0 atom stereocenters. The fourth-order valence-corrected chi connectivity index (χ4v) is 3.86. The zero-order valence-electron chi connectivity index (χ0n) is 15.5. The van der Waals surface area contributed by atoms with Crippen LogP contribution < -0.4 is 16.0 Å². The molecule has 1 saturated heterocycles. The van der Waals surface area contributed by atoms with Gasteiger partial charge in [-0.3, -0.25) is 10.3 Å². The van der Waals surface area contributed by atoms with E-state index in [1.807, 2.05) is 19.2 Å². The molecule has 0 spiro atoms. The Hall–Kier alpha value is -2.29. The van der Waals surface area contributed by atoms with Crippen molar-refractivity contribution in [3.63, 3.8) is 0 Å². The van der Waals surface area contributed by atoms with Gasteiger partial charge < -0.3 is 15.8 Å². The van der Waals surface area contributed by atoms with Gasteiger partial charge in [-0.05, 0) is 36.8 Å². The van der Waals surface area contributed by atoms with Crippen LogP contribution in [-0.4, -0.2) is 35.6 Å². The molecule has 0 aromatic carbocycles. The molecule has 0 amide bonds. The third kappa shape index (κ3) is 5.12. The normalized spacial score (nSPS) is 15.2. The summed E-state index contributed by atoms with van der Waals surface area (Å²) in [6.45, 7) is 4.02. The number of hydrogen-bond donors (Lipinski definition) is 3. The molecule has 3 rings (SSSR count). The van der Waals surface area contributed by atoms with Crippen LogP contribution in [0, 0.1) is 12.3 Å². The van der Waals surface area contributed by atoms with Gasteiger partial charge in [0.15, 0.2) is 0 Å². The number of thiophene rings is 1. The maximum absolute atomic E-state index is 7.78. The number of anilines is 2. The number of rotatable bonds is 8. The van der Waals surface area contributed by atoms with Gasteiger partial charge in [-0.1, -0.05) is 6.08 Å². The maximum atomic E-state index is 7.78. The van der Waals surface area contributed by atoms with Crippen molar-refractivity contribution >= 4 is 29.4 Å². The van der Waals surface area contributed by atoms with Gasteiger partial charge in [-0.15, -0.1) is 11.3 Å². The predicted octanol–water partition coefficient (Wildman–Crippen LogP) is 3.07. The molecular weight excluding hydrogens is 360 g/mol. The van der Waals surface area contributed by atoms with Gasteiger partial charge in [0.05, 0.1) is 6.34 Å². The predicted molar refractivity (Wildman–Crippen MR) is 111 cm³/mol. The lowest BCUT2D eigenvalue weighted by Gasteiger charge is -2.24. The molecule has 2 aromatic rings. The molecule has 1 aliphatic heterocycles. The van der Waals surface area contributed by atoms with Gasteiger partial charge in [-0.25, -0.2) is 4.98 Å². The monoisotopic (exact) mass is 386 g/mol. The molecule has 1 fully saturated rings. The van der Waals surface area contributed by atoms with Crippen LogP contribution in [0.3, 0.4) is 0 Å². The second-order valence-corrected chi connectivity index (χ2v) is 7.43. The molecule has 1 aliphatic rings. The highest BCUT2D eigenvalue weighted by molar-refractivity contribution is 7.10. The second kappa shape index (κ2) is 9.59. The highest BCUT2D eigenvalue weighted by atomic mass is 32.1. The van der Waals surface area contributed by atoms with Crippen molar-refractivity contribution < 1.29 is 4.74 Å². The highest BCUT2D eigenvalue weighted by Gasteiger charge is 2.16. The topological polar surface area (TPSA) is 100 Å². The van der Waals surface area contributed by atoms with Crippen molar-refractivity contribution in [1.29, 1.82) is 5.41 Å². The smallest absolute Gasteiger partial charge is 0.224 e. The Morgan fingerprint density at radius 1 is 1.44 bits per heavy atom. The molecule has 0 saturated carbocycles. The quantitative estimate of drug-likeness (QED) is 0.476. The zero-order valence-corrected chi connectivity index (χ0v) is 16.3. The number of ether oxygens (including phenoxy) is 1. The first-order valence-electron chi connectivity index (χ1n) is 9.10. The average Bonchev–Trinajstić information content (AvgIpc) is 3.15. The van der Waals surface area contributed by atoms with Gasteiger partial charge in [0.1, 0.15) is 5.82 Å². The average molecular weight is 387 g/mol. The number of allylic oxidation sites excluding steroid dienone is 1. The molecule has 0 bridgehead atoms. The third-order valence-electron chi connectivity index (χ3n) is 4.51. The third-order valence-corrected chi connectivity index (χ3v) is 5.50. The summed E-state index contributed by atoms with van der Waals surface area (Å²) >= 11 is 1.70. The fourth-order valence-electron chi connectivity index (χ4n) is 2.96. The Balaban J connectivity index is 1.70. The lowest BCUT2D eigenvalue weighted by atomic mass is 10.1. The molecule has 4 N–H and O–H groups in total. The first-order chi connectivity index (χ1) is 13.2. The van der Waals surface area contributed by atoms with Crippen molar-refractivity contribution in [2.45, 2.75) is 38.8 Å². The van der Waals surface area contributed by atoms with Gasteiger partial charge >= 0.3 is 0 Å². The Labute approximate surface area is 163 Å². The van der Waals surface area contributed by atoms with Gasteiger partial charge in [-0.2, -0.15) is 4.98 Å². The molecule has 27 heavy (non-hydrogen) atoms. The van der Waals surface area contributed by atoms with E-state index in [4.69, 9.17) is 15.9 Å². The van der Waals surface area contributed by atoms with Crippen molar-refractivity contribution in [1.82, 2.24) is 9.97 Å². The van der Waals surface area contributed by atoms with Crippen molar-refractivity contribution in [3.05, 3.63) is 45.9 Å². The number of nitrogens with one attached hydrogen (secondary N) is 2. The van der Waals surface area contributed by atoms with Crippen LogP contribution >= 0.6 is 11.3 Å². The van der Waals surface area contributed by atoms with Crippen LogP contribution in [-0.2, 0) is 17.7 Å². The van der Waals surface area contributed by atoms with Crippen LogP contribution in [0.4, 0.5) is 11.8 Å². The minimum Gasteiger partial charge on any atom is -0.381 e. The van der Waals surface area contributed by atoms with E-state index in [9.17, 15) is 0 Å². The minimum absolute atomic E-state index is 0.326. The van der Waals surface area contributed by atoms with Gasteiger partial charge in [0.2, 0.25) is 5.95 Å². The fraction of sp³-hybridized carbons (Fsp3) is 0.421. The van der Waals surface area contributed by atoms with E-state index in [0.29, 0.717) is 24.4 Å². The van der Waals surface area contributed by atoms with E-state index in [1.54, 1.807) is 22.4 Å². The molecule has 0 unspecified atom stereocenters. The van der Waals surface area contributed by atoms with Crippen molar-refractivity contribution in [2.75, 3.05) is 23.4 Å². The van der Waals surface area contributed by atoms with E-state index < -0.39 is 0 Å². The lowest BCUT2D eigenvalue weighted by molar-refractivity contribution is 0.0903. The first-order valence-corrected chi connectivity index (χ1v) is 9.98. The Morgan fingerprint density at radius 2 is 2.26 bits per heavy atom. The van der Waals surface area contributed by atoms with Crippen LogP contribution in [0.5, 0.6) is 0 Å². The number of nitrogens with two attached hydrogens (primary N) is 1. The van der Waals surface area contributed by atoms with Crippen LogP contribution in [0.25, 0.3) is 0 Å². The number of aryl methyl sites for hydroxylation is 1. The molecule has 7 nitrogen and oxygen atoms in total. The summed E-state index contributed by atoms with van der Waals surface area (Å²) in [5.74, 6) is 1.29. The highest BCUT2D eigenvalue weighted by Crippen LogP contribution is 2.21. The molecular formula is C19H26N6OS. The molecule has 2 aromatic heterocycles. The number of aromatic nitrogens is 2. The summed E-state index contributed by atoms with van der Waals surface area (Å²) in [4.78, 5) is 12.0. The summed E-state index contributed by atoms with van der Waals surface area (Å²) in [5, 5.41) is 13.2. The van der Waals surface area contributed by atoms with E-state index in [0.717, 1.165) is 38.0 Å². The minimum atomic E-state index is 0.326. The van der Waals surface area contributed by atoms with Crippen molar-refractivity contribution in [3.8, 4) is 0 Å². The summed E-state index contributed by atoms with van der Waals surface area (Å²) < 4.78 is 5.39. The molecule has 3 heterocycles. The first kappa shape index (κ1) is 19.5. The van der Waals surface area contributed by atoms with Crippen LogP contribution in [0.2, 0.25) is 0 Å². The van der Waals surface area contributed by atoms with E-state index in [1.165, 1.54) is 16.8 Å². The molecule has 8 heteroatoms. The van der Waals surface area contributed by atoms with Crippen LogP contribution in [0.1, 0.15) is 28.8 Å². The second-order valence-electron chi connectivity index (χ2n) is 6.43. The van der Waals surface area contributed by atoms with E-state index in [2.05, 4.69) is 26.7 Å². The molecule has 0 aliphatic carbocycles. The zero-order chi connectivity index (χ0) is 19.1. The van der Waals surface area contributed by atoms with Gasteiger partial charge in [0.25, 0.3) is 0 Å². The van der Waals surface area contributed by atoms with Gasteiger partial charge in [0, 0.05) is 55.1 Å².